The molecule has 4 bridgehead atoms. The van der Waals surface area contributed by atoms with Crippen LogP contribution in [0.15, 0.2) is 108 Å². The minimum Gasteiger partial charge on any atom is -0.741 e. The van der Waals surface area contributed by atoms with Gasteiger partial charge in [-0.3, -0.25) is 9.47 Å². The molecule has 19 heteroatoms. The maximum absolute atomic E-state index is 10.7. The van der Waals surface area contributed by atoms with Crippen LogP contribution in [-0.4, -0.2) is 94.6 Å². The van der Waals surface area contributed by atoms with E-state index in [1.807, 2.05) is 0 Å². The Balaban J connectivity index is 0.000000195. The van der Waals surface area contributed by atoms with Crippen molar-refractivity contribution in [1.29, 1.82) is 0 Å². The summed E-state index contributed by atoms with van der Waals surface area (Å²) in [4.78, 5) is 31.1. The molecule has 9 rings (SSSR count). The largest absolute Gasteiger partial charge is 1.00 e. The van der Waals surface area contributed by atoms with Crippen LogP contribution in [0.3, 0.4) is 0 Å². The zero-order chi connectivity index (χ0) is 39.4. The van der Waals surface area contributed by atoms with E-state index in [0.29, 0.717) is 13.7 Å². The average Bonchev–Trinajstić information content (AvgIpc) is 3.65. The molecule has 0 spiro atoms. The molecule has 4 aliphatic heterocycles. The van der Waals surface area contributed by atoms with Gasteiger partial charge in [-0.15, -0.1) is 0 Å². The molecule has 2 atom stereocenters. The number of halogens is 3. The summed E-state index contributed by atoms with van der Waals surface area (Å²) >= 11 is 0. The van der Waals surface area contributed by atoms with Gasteiger partial charge in [0, 0.05) is 30.7 Å². The van der Waals surface area contributed by atoms with Crippen molar-refractivity contribution in [3.05, 3.63) is 145 Å². The number of carboxylic acids is 1. The van der Waals surface area contributed by atoms with E-state index < -0.39 is 35.2 Å². The molecular weight excluding hydrogens is 865 g/mol. The molecule has 5 fully saturated rings. The van der Waals surface area contributed by atoms with E-state index in [-0.39, 0.29) is 25.4 Å². The van der Waals surface area contributed by atoms with Crippen molar-refractivity contribution in [3.63, 3.8) is 0 Å². The van der Waals surface area contributed by atoms with Crippen molar-refractivity contribution in [2.24, 2.45) is 0 Å². The van der Waals surface area contributed by atoms with Crippen molar-refractivity contribution in [3.8, 4) is 0 Å². The number of H-pyrrole nitrogens is 1. The fraction of sp³-hybridized carbons (Fsp3) is 0.222. The molecule has 3 N–H and O–H groups in total. The van der Waals surface area contributed by atoms with Crippen LogP contribution in [0.25, 0.3) is 0 Å². The number of nitrogen functional groups attached to an aromatic ring is 1. The fourth-order valence-corrected chi connectivity index (χ4v) is 11.1. The molecule has 1 aliphatic carbocycles. The van der Waals surface area contributed by atoms with Gasteiger partial charge in [-0.25, -0.2) is 28.0 Å². The zero-order valence-electron chi connectivity index (χ0n) is 29.5. The Hall–Kier alpha value is -3.13. The van der Waals surface area contributed by atoms with Gasteiger partial charge in [0.05, 0.1) is 13.7 Å². The van der Waals surface area contributed by atoms with Crippen LogP contribution >= 0.6 is 15.8 Å². The molecule has 5 heterocycles. The second-order valence-electron chi connectivity index (χ2n) is 12.5. The Labute approximate surface area is 334 Å². The molecule has 5 aliphatic rings. The van der Waals surface area contributed by atoms with Gasteiger partial charge in [0.25, 0.3) is 0 Å². The monoisotopic (exact) mass is 904 g/mol. The third kappa shape index (κ3) is 15.0. The Morgan fingerprint density at radius 2 is 1.29 bits per heavy atom. The molecule has 2 unspecified atom stereocenters. The molecule has 6 radical (unpaired) electrons. The number of carboxylic acid groups (broad SMARTS) is 1. The molecule has 55 heavy (non-hydrogen) atoms. The van der Waals surface area contributed by atoms with Gasteiger partial charge >= 0.3 is 30.7 Å². The smallest absolute Gasteiger partial charge is 0.741 e. The van der Waals surface area contributed by atoms with Gasteiger partial charge in [-0.1, -0.05) is 91.0 Å². The van der Waals surface area contributed by atoms with Gasteiger partial charge < -0.3 is 20.2 Å². The standard InChI is InChI=1S/C18H15P.C7H15N3P.C6H5O2.C4H5N3O.CHF3O3S.Ru/c1-4-10-16(11-5-1)19(17-12-6-2-7-13-17)18-14-8-3-9-15-18;1-10-3-8-2-9(4-10)6-11(5-8)7-10;7-6(8)5-3-1-2-4-5;5-3-1-2-6-4(8)7-3;2-1(3,4)8(5,6)7;/h1-15H;2-7H2,1H3;1-4H,(H,7,8);1-2H,(H3,5,6,7,8);(H,5,6,7);/q;+1;;;;+1/p-2. The molecule has 12 nitrogen and oxygen atoms in total. The predicted molar refractivity (Wildman–Crippen MR) is 202 cm³/mol. The minimum atomic E-state index is -6.09. The Morgan fingerprint density at radius 3 is 1.56 bits per heavy atom. The number of nitrogens with two attached hydrogens (primary N) is 1. The molecule has 1 aromatic heterocycles. The number of hydrogen-bond donors (Lipinski definition) is 2. The number of aliphatic carboxylic acids is 1. The second kappa shape index (κ2) is 21.4. The van der Waals surface area contributed by atoms with E-state index in [9.17, 15) is 27.9 Å². The number of carbonyl (C=O) groups excluding carboxylic acids is 1. The van der Waals surface area contributed by atoms with Gasteiger partial charge in [0.2, 0.25) is 0 Å². The van der Waals surface area contributed by atoms with E-state index in [2.05, 4.69) is 118 Å². The first-order valence-corrected chi connectivity index (χ1v) is 20.9. The van der Waals surface area contributed by atoms with E-state index in [0.717, 1.165) is 0 Å². The van der Waals surface area contributed by atoms with E-state index in [4.69, 9.17) is 18.7 Å². The summed E-state index contributed by atoms with van der Waals surface area (Å²) < 4.78 is 60.2. The van der Waals surface area contributed by atoms with Gasteiger partial charge in [-0.2, -0.15) is 13.2 Å². The SMILES string of the molecule is C[N+]12CN3CN(CP(C3)C1)C2.Nc1ccnc(=O)[nH]1.O=C([O-])[C]1[CH][CH][CH][CH]1.O=S(=O)([O-])C(F)(F)F.[Ru+].c1ccc(P(c2ccccc2)c2ccccc2)cc1. The molecule has 294 valence electrons. The molecule has 4 aromatic rings. The van der Waals surface area contributed by atoms with Gasteiger partial charge in [-0.05, 0) is 63.5 Å². The molecule has 4 saturated heterocycles. The summed E-state index contributed by atoms with van der Waals surface area (Å²) in [5.41, 5.74) is -0.895. The predicted octanol–water partition coefficient (Wildman–Crippen LogP) is 2.29. The van der Waals surface area contributed by atoms with Gasteiger partial charge in [0.15, 0.2) is 10.1 Å². The number of quaternary nitrogens is 1. The zero-order valence-corrected chi connectivity index (χ0v) is 33.8. The summed E-state index contributed by atoms with van der Waals surface area (Å²) in [6.45, 7) is 3.89. The van der Waals surface area contributed by atoms with Crippen LogP contribution in [0.2, 0.25) is 0 Å². The van der Waals surface area contributed by atoms with Crippen molar-refractivity contribution in [2.75, 3.05) is 51.6 Å². The number of hydrogen-bond acceptors (Lipinski definition) is 10. The maximum atomic E-state index is 10.7. The third-order valence-corrected chi connectivity index (χ3v) is 13.4. The topological polar surface area (TPSA) is 176 Å². The number of anilines is 1. The number of aromatic nitrogens is 2. The summed E-state index contributed by atoms with van der Waals surface area (Å²) in [6, 6.07) is 33.8. The van der Waals surface area contributed by atoms with Crippen molar-refractivity contribution in [2.45, 2.75) is 5.51 Å². The number of rotatable bonds is 4. The molecule has 1 saturated carbocycles. The maximum Gasteiger partial charge on any atom is 1.00 e. The van der Waals surface area contributed by atoms with Crippen LogP contribution in [-0.2, 0) is 34.4 Å². The first-order valence-electron chi connectivity index (χ1n) is 16.2. The van der Waals surface area contributed by atoms with Crippen LogP contribution < -0.4 is 32.4 Å². The van der Waals surface area contributed by atoms with E-state index in [1.54, 1.807) is 12.8 Å². The third-order valence-electron chi connectivity index (χ3n) is 7.75. The molecular formula is C36H39F3N6O6P2RuS. The number of nitrogens with zero attached hydrogens (tertiary/aromatic N) is 4. The second-order valence-corrected chi connectivity index (χ2v) is 18.3. The number of nitrogens with one attached hydrogen (secondary N) is 1. The van der Waals surface area contributed by atoms with Crippen LogP contribution in [0, 0.1) is 31.6 Å². The first kappa shape index (κ1) is 46.3. The van der Waals surface area contributed by atoms with E-state index in [1.165, 1.54) is 84.4 Å². The first-order chi connectivity index (χ1) is 25.5. The average molecular weight is 904 g/mol. The Kier molecular flexibility index (Phi) is 18.0. The summed E-state index contributed by atoms with van der Waals surface area (Å²) in [7, 11) is -3.76. The van der Waals surface area contributed by atoms with Crippen molar-refractivity contribution in [1.82, 2.24) is 19.8 Å². The molecule has 0 amide bonds. The van der Waals surface area contributed by atoms with Crippen LogP contribution in [0.5, 0.6) is 0 Å². The Morgan fingerprint density at radius 1 is 0.873 bits per heavy atom. The Bertz CT molecular complexity index is 1800. The number of benzene rings is 3. The van der Waals surface area contributed by atoms with Crippen molar-refractivity contribution >= 4 is 53.7 Å². The quantitative estimate of drug-likeness (QED) is 0.102. The van der Waals surface area contributed by atoms with Crippen molar-refractivity contribution < 1.29 is 60.0 Å². The van der Waals surface area contributed by atoms with Crippen LogP contribution in [0.4, 0.5) is 19.0 Å². The number of alkyl halides is 3. The number of carbonyl (C=O) groups is 1. The van der Waals surface area contributed by atoms with Crippen LogP contribution in [0.1, 0.15) is 0 Å². The summed E-state index contributed by atoms with van der Waals surface area (Å²) in [5, 5.41) is 14.1. The summed E-state index contributed by atoms with van der Waals surface area (Å²) in [6.07, 6.45) is 12.0. The fourth-order valence-electron chi connectivity index (χ4n) is 5.90. The minimum absolute atomic E-state index is 0. The normalized spacial score (nSPS) is 22.2. The molecule has 3 aromatic carbocycles. The van der Waals surface area contributed by atoms with E-state index >= 15 is 0 Å². The summed E-state index contributed by atoms with van der Waals surface area (Å²) in [5.74, 6) is -0.537. The van der Waals surface area contributed by atoms with Gasteiger partial charge in [0.1, 0.15) is 25.4 Å². The number of aromatic amines is 1.